The lowest BCUT2D eigenvalue weighted by molar-refractivity contribution is 0.251. The van der Waals surface area contributed by atoms with Crippen LogP contribution in [0.3, 0.4) is 0 Å². The van der Waals surface area contributed by atoms with Crippen molar-refractivity contribution in [3.05, 3.63) is 11.7 Å². The topological polar surface area (TPSA) is 64.9 Å². The van der Waals surface area contributed by atoms with Gasteiger partial charge in [-0.25, -0.2) is 0 Å². The molecule has 114 valence electrons. The van der Waals surface area contributed by atoms with Crippen LogP contribution in [-0.2, 0) is 0 Å². The Balaban J connectivity index is 1.96. The van der Waals surface area contributed by atoms with Crippen molar-refractivity contribution in [1.29, 1.82) is 0 Å². The van der Waals surface area contributed by atoms with E-state index in [2.05, 4.69) is 37.8 Å². The highest BCUT2D eigenvalue weighted by Crippen LogP contribution is 2.37. The Hall–Kier alpha value is -0.900. The van der Waals surface area contributed by atoms with E-state index >= 15 is 0 Å². The molecule has 2 atom stereocenters. The lowest BCUT2D eigenvalue weighted by Gasteiger charge is -2.29. The molecule has 0 spiro atoms. The van der Waals surface area contributed by atoms with E-state index in [-0.39, 0.29) is 6.04 Å². The summed E-state index contributed by atoms with van der Waals surface area (Å²) >= 11 is 0. The fraction of sp³-hybridized carbons (Fsp3) is 0.875. The summed E-state index contributed by atoms with van der Waals surface area (Å²) in [5.74, 6) is 3.98. The van der Waals surface area contributed by atoms with Crippen molar-refractivity contribution in [2.45, 2.75) is 71.8 Å². The minimum absolute atomic E-state index is 0.131. The zero-order valence-electron chi connectivity index (χ0n) is 13.3. The lowest BCUT2D eigenvalue weighted by Crippen LogP contribution is -2.20. The summed E-state index contributed by atoms with van der Waals surface area (Å²) in [5.41, 5.74) is 6.16. The molecule has 1 fully saturated rings. The van der Waals surface area contributed by atoms with E-state index in [4.69, 9.17) is 10.3 Å². The molecule has 0 unspecified atom stereocenters. The second-order valence-corrected chi connectivity index (χ2v) is 6.76. The molecule has 0 bridgehead atoms. The van der Waals surface area contributed by atoms with E-state index in [0.29, 0.717) is 17.7 Å². The first-order valence-corrected chi connectivity index (χ1v) is 8.12. The Labute approximate surface area is 122 Å². The first-order chi connectivity index (χ1) is 9.52. The quantitative estimate of drug-likeness (QED) is 0.883. The molecule has 1 aromatic heterocycles. The van der Waals surface area contributed by atoms with Crippen molar-refractivity contribution >= 4 is 0 Å². The predicted molar refractivity (Wildman–Crippen MR) is 80.2 cm³/mol. The number of hydrogen-bond acceptors (Lipinski definition) is 4. The van der Waals surface area contributed by atoms with Gasteiger partial charge >= 0.3 is 0 Å². The zero-order chi connectivity index (χ0) is 14.7. The monoisotopic (exact) mass is 279 g/mol. The van der Waals surface area contributed by atoms with Crippen LogP contribution >= 0.6 is 0 Å². The van der Waals surface area contributed by atoms with E-state index < -0.39 is 0 Å². The molecule has 1 aliphatic rings. The maximum Gasteiger partial charge on any atom is 0.243 e. The van der Waals surface area contributed by atoms with Crippen LogP contribution in [0.4, 0.5) is 0 Å². The Morgan fingerprint density at radius 1 is 1.20 bits per heavy atom. The fourth-order valence-electron chi connectivity index (χ4n) is 3.09. The van der Waals surface area contributed by atoms with Gasteiger partial charge in [0, 0.05) is 5.92 Å². The summed E-state index contributed by atoms with van der Waals surface area (Å²) in [6.45, 7) is 8.91. The Morgan fingerprint density at radius 2 is 1.85 bits per heavy atom. The van der Waals surface area contributed by atoms with Crippen molar-refractivity contribution in [3.63, 3.8) is 0 Å². The van der Waals surface area contributed by atoms with E-state index in [0.717, 1.165) is 24.1 Å². The van der Waals surface area contributed by atoms with Gasteiger partial charge < -0.3 is 10.3 Å². The smallest absolute Gasteiger partial charge is 0.243 e. The van der Waals surface area contributed by atoms with Gasteiger partial charge in [0.2, 0.25) is 5.89 Å². The molecule has 1 heterocycles. The lowest BCUT2D eigenvalue weighted by atomic mass is 9.77. The maximum absolute atomic E-state index is 6.16. The third-order valence-corrected chi connectivity index (χ3v) is 5.08. The Morgan fingerprint density at radius 3 is 2.40 bits per heavy atom. The molecule has 0 amide bonds. The van der Waals surface area contributed by atoms with Gasteiger partial charge in [-0.2, -0.15) is 4.98 Å². The molecule has 1 aliphatic carbocycles. The van der Waals surface area contributed by atoms with Crippen LogP contribution < -0.4 is 5.73 Å². The highest BCUT2D eigenvalue weighted by molar-refractivity contribution is 5.00. The predicted octanol–water partition coefficient (Wildman–Crippen LogP) is 4.05. The molecular formula is C16H29N3O. The highest BCUT2D eigenvalue weighted by atomic mass is 16.5. The van der Waals surface area contributed by atoms with Gasteiger partial charge in [0.1, 0.15) is 0 Å². The minimum Gasteiger partial charge on any atom is -0.338 e. The van der Waals surface area contributed by atoms with Gasteiger partial charge in [-0.3, -0.25) is 0 Å². The van der Waals surface area contributed by atoms with Gasteiger partial charge in [-0.1, -0.05) is 39.3 Å². The van der Waals surface area contributed by atoms with Crippen molar-refractivity contribution in [2.75, 3.05) is 0 Å². The van der Waals surface area contributed by atoms with Gasteiger partial charge in [0.25, 0.3) is 0 Å². The summed E-state index contributed by atoms with van der Waals surface area (Å²) in [6.07, 6.45) is 5.95. The third kappa shape index (κ3) is 3.40. The normalized spacial score (nSPS) is 26.7. The number of rotatable bonds is 5. The molecule has 1 aromatic rings. The van der Waals surface area contributed by atoms with Gasteiger partial charge in [-0.05, 0) is 43.4 Å². The molecular weight excluding hydrogens is 250 g/mol. The van der Waals surface area contributed by atoms with Crippen molar-refractivity contribution in [2.24, 2.45) is 23.5 Å². The molecule has 0 saturated heterocycles. The summed E-state index contributed by atoms with van der Waals surface area (Å²) in [7, 11) is 0. The van der Waals surface area contributed by atoms with Crippen LogP contribution in [0, 0.1) is 17.8 Å². The number of hydrogen-bond donors (Lipinski definition) is 1. The fourth-order valence-corrected chi connectivity index (χ4v) is 3.09. The van der Waals surface area contributed by atoms with Crippen LogP contribution in [-0.4, -0.2) is 10.1 Å². The molecule has 0 aliphatic heterocycles. The maximum atomic E-state index is 6.16. The molecule has 1 saturated carbocycles. The Bertz CT molecular complexity index is 408. The standard InChI is InChI=1S/C16H29N3O/c1-5-11(4)14(17)16-18-15(19-20-16)13-8-6-12(7-9-13)10(2)3/h10-14H,5-9,17H2,1-4H3/t11-,12?,13?,14-/m0/s1. The first kappa shape index (κ1) is 15.5. The van der Waals surface area contributed by atoms with Crippen LogP contribution in [0.1, 0.15) is 83.5 Å². The van der Waals surface area contributed by atoms with Crippen molar-refractivity contribution < 1.29 is 4.52 Å². The molecule has 4 nitrogen and oxygen atoms in total. The van der Waals surface area contributed by atoms with Crippen LogP contribution in [0.15, 0.2) is 4.52 Å². The molecule has 0 radical (unpaired) electrons. The number of aromatic nitrogens is 2. The second kappa shape index (κ2) is 6.70. The van der Waals surface area contributed by atoms with Gasteiger partial charge in [-0.15, -0.1) is 0 Å². The number of nitrogens with two attached hydrogens (primary N) is 1. The molecule has 2 N–H and O–H groups in total. The summed E-state index contributed by atoms with van der Waals surface area (Å²) < 4.78 is 5.39. The zero-order valence-corrected chi connectivity index (χ0v) is 13.3. The van der Waals surface area contributed by atoms with Gasteiger partial charge in [0.05, 0.1) is 6.04 Å². The molecule has 0 aromatic carbocycles. The molecule has 20 heavy (non-hydrogen) atoms. The minimum atomic E-state index is -0.131. The van der Waals surface area contributed by atoms with Crippen LogP contribution in [0.2, 0.25) is 0 Å². The van der Waals surface area contributed by atoms with E-state index in [9.17, 15) is 0 Å². The van der Waals surface area contributed by atoms with Crippen molar-refractivity contribution in [3.8, 4) is 0 Å². The van der Waals surface area contributed by atoms with E-state index in [1.165, 1.54) is 25.7 Å². The van der Waals surface area contributed by atoms with Crippen LogP contribution in [0.25, 0.3) is 0 Å². The summed E-state index contributed by atoms with van der Waals surface area (Å²) in [5, 5.41) is 4.18. The van der Waals surface area contributed by atoms with E-state index in [1.807, 2.05) is 0 Å². The average Bonchev–Trinajstić information content (AvgIpc) is 2.95. The largest absolute Gasteiger partial charge is 0.338 e. The first-order valence-electron chi connectivity index (χ1n) is 8.12. The van der Waals surface area contributed by atoms with E-state index in [1.54, 1.807) is 0 Å². The summed E-state index contributed by atoms with van der Waals surface area (Å²) in [6, 6.07) is -0.131. The molecule has 2 rings (SSSR count). The Kier molecular flexibility index (Phi) is 5.19. The summed E-state index contributed by atoms with van der Waals surface area (Å²) in [4.78, 5) is 4.57. The van der Waals surface area contributed by atoms with Gasteiger partial charge in [0.15, 0.2) is 5.82 Å². The van der Waals surface area contributed by atoms with Crippen molar-refractivity contribution in [1.82, 2.24) is 10.1 Å². The SMILES string of the molecule is CC[C@H](C)[C@H](N)c1nc(C2CCC(C(C)C)CC2)no1. The second-order valence-electron chi connectivity index (χ2n) is 6.76. The third-order valence-electron chi connectivity index (χ3n) is 5.08. The van der Waals surface area contributed by atoms with Crippen LogP contribution in [0.5, 0.6) is 0 Å². The average molecular weight is 279 g/mol. The number of nitrogens with zero attached hydrogens (tertiary/aromatic N) is 2. The highest BCUT2D eigenvalue weighted by Gasteiger charge is 2.28. The molecule has 4 heteroatoms.